The average Bonchev–Trinajstić information content (AvgIpc) is 2.69. The number of halogens is 2. The highest BCUT2D eigenvalue weighted by Gasteiger charge is 2.28. The van der Waals surface area contributed by atoms with Crippen molar-refractivity contribution in [2.24, 2.45) is 0 Å². The van der Waals surface area contributed by atoms with E-state index in [1.54, 1.807) is 0 Å². The number of rotatable bonds is 6. The second-order valence-electron chi connectivity index (χ2n) is 6.90. The number of hydrogen-bond donors (Lipinski definition) is 0. The number of likely N-dealkylation sites (tertiary alicyclic amines) is 1. The Labute approximate surface area is 173 Å². The Hall–Kier alpha value is -1.55. The zero-order valence-corrected chi connectivity index (χ0v) is 17.4. The fraction of sp³-hybridized carbons (Fsp3) is 0.409. The maximum absolute atomic E-state index is 12.6. The smallest absolute Gasteiger partial charge is 0.226 e. The van der Waals surface area contributed by atoms with E-state index in [4.69, 9.17) is 11.6 Å². The SMILES string of the molecule is CCC(=O)N(c1ccc(Cl)cc1)C1CCN(CCc2ccccc2)CC1.Cl. The lowest BCUT2D eigenvalue weighted by atomic mass is 10.0. The van der Waals surface area contributed by atoms with Crippen molar-refractivity contribution in [3.8, 4) is 0 Å². The lowest BCUT2D eigenvalue weighted by molar-refractivity contribution is -0.119. The standard InChI is InChI=1S/C22H27ClN2O.ClH/c1-2-22(26)25(20-10-8-19(23)9-11-20)21-13-16-24(17-14-21)15-12-18-6-4-3-5-7-18;/h3-11,21H,2,12-17H2,1H3;1H. The van der Waals surface area contributed by atoms with Crippen LogP contribution in [0.5, 0.6) is 0 Å². The van der Waals surface area contributed by atoms with Crippen LogP contribution in [0.25, 0.3) is 0 Å². The summed E-state index contributed by atoms with van der Waals surface area (Å²) < 4.78 is 0. The summed E-state index contributed by atoms with van der Waals surface area (Å²) in [5.41, 5.74) is 2.35. The zero-order chi connectivity index (χ0) is 18.4. The molecule has 0 unspecified atom stereocenters. The van der Waals surface area contributed by atoms with Gasteiger partial charge in [-0.3, -0.25) is 4.79 Å². The maximum Gasteiger partial charge on any atom is 0.226 e. The fourth-order valence-electron chi connectivity index (χ4n) is 3.66. The largest absolute Gasteiger partial charge is 0.309 e. The topological polar surface area (TPSA) is 23.6 Å². The first-order valence-electron chi connectivity index (χ1n) is 9.51. The summed E-state index contributed by atoms with van der Waals surface area (Å²) in [6.45, 7) is 5.09. The van der Waals surface area contributed by atoms with Gasteiger partial charge >= 0.3 is 0 Å². The Morgan fingerprint density at radius 2 is 1.70 bits per heavy atom. The lowest BCUT2D eigenvalue weighted by Crippen LogP contribution is -2.47. The maximum atomic E-state index is 12.6. The van der Waals surface area contributed by atoms with Gasteiger partial charge in [0.05, 0.1) is 0 Å². The van der Waals surface area contributed by atoms with E-state index in [1.807, 2.05) is 36.1 Å². The van der Waals surface area contributed by atoms with Crippen LogP contribution in [-0.2, 0) is 11.2 Å². The summed E-state index contributed by atoms with van der Waals surface area (Å²) >= 11 is 6.01. The summed E-state index contributed by atoms with van der Waals surface area (Å²) in [5, 5.41) is 0.702. The molecule has 146 valence electrons. The van der Waals surface area contributed by atoms with Gasteiger partial charge in [-0.05, 0) is 49.1 Å². The normalized spacial score (nSPS) is 15.2. The van der Waals surface area contributed by atoms with Gasteiger partial charge < -0.3 is 9.80 Å². The number of anilines is 1. The fourth-order valence-corrected chi connectivity index (χ4v) is 3.79. The van der Waals surface area contributed by atoms with Crippen LogP contribution < -0.4 is 4.90 Å². The molecule has 1 heterocycles. The first-order valence-corrected chi connectivity index (χ1v) is 9.89. The molecule has 27 heavy (non-hydrogen) atoms. The Balaban J connectivity index is 0.00000261. The number of carbonyl (C=O) groups excluding carboxylic acids is 1. The molecule has 1 aliphatic rings. The molecular formula is C22H28Cl2N2O. The summed E-state index contributed by atoms with van der Waals surface area (Å²) in [6, 6.07) is 18.6. The van der Waals surface area contributed by atoms with Gasteiger partial charge in [0.25, 0.3) is 0 Å². The van der Waals surface area contributed by atoms with Crippen molar-refractivity contribution in [2.45, 2.75) is 38.6 Å². The molecule has 1 aliphatic heterocycles. The number of nitrogens with zero attached hydrogens (tertiary/aromatic N) is 2. The van der Waals surface area contributed by atoms with Crippen LogP contribution in [0.2, 0.25) is 5.02 Å². The van der Waals surface area contributed by atoms with Crippen LogP contribution in [-0.4, -0.2) is 36.5 Å². The van der Waals surface area contributed by atoms with Gasteiger partial charge in [0.1, 0.15) is 0 Å². The molecule has 0 aromatic heterocycles. The van der Waals surface area contributed by atoms with Crippen LogP contribution in [0.15, 0.2) is 54.6 Å². The third kappa shape index (κ3) is 5.97. The molecule has 0 bridgehead atoms. The molecule has 0 spiro atoms. The second-order valence-corrected chi connectivity index (χ2v) is 7.34. The molecule has 1 amide bonds. The minimum atomic E-state index is 0. The Morgan fingerprint density at radius 1 is 1.07 bits per heavy atom. The third-order valence-electron chi connectivity index (χ3n) is 5.16. The van der Waals surface area contributed by atoms with Crippen molar-refractivity contribution < 1.29 is 4.79 Å². The third-order valence-corrected chi connectivity index (χ3v) is 5.41. The molecule has 0 radical (unpaired) electrons. The monoisotopic (exact) mass is 406 g/mol. The average molecular weight is 407 g/mol. The Morgan fingerprint density at radius 3 is 2.30 bits per heavy atom. The van der Waals surface area contributed by atoms with Crippen molar-refractivity contribution in [3.05, 3.63) is 65.2 Å². The molecule has 0 saturated carbocycles. The van der Waals surface area contributed by atoms with E-state index in [-0.39, 0.29) is 24.4 Å². The number of amides is 1. The van der Waals surface area contributed by atoms with Crippen LogP contribution in [0.3, 0.4) is 0 Å². The highest BCUT2D eigenvalue weighted by atomic mass is 35.5. The van der Waals surface area contributed by atoms with Crippen LogP contribution in [0.1, 0.15) is 31.7 Å². The van der Waals surface area contributed by atoms with Crippen LogP contribution in [0.4, 0.5) is 5.69 Å². The Bertz CT molecular complexity index is 698. The summed E-state index contributed by atoms with van der Waals surface area (Å²) in [6.07, 6.45) is 3.64. The van der Waals surface area contributed by atoms with Crippen molar-refractivity contribution in [3.63, 3.8) is 0 Å². The van der Waals surface area contributed by atoms with Crippen LogP contribution >= 0.6 is 24.0 Å². The summed E-state index contributed by atoms with van der Waals surface area (Å²) in [7, 11) is 0. The molecule has 1 fully saturated rings. The molecule has 2 aromatic rings. The van der Waals surface area contributed by atoms with E-state index in [0.717, 1.165) is 44.6 Å². The minimum Gasteiger partial charge on any atom is -0.309 e. The summed E-state index contributed by atoms with van der Waals surface area (Å²) in [5.74, 6) is 0.190. The predicted octanol–water partition coefficient (Wildman–Crippen LogP) is 5.21. The van der Waals surface area contributed by atoms with Crippen molar-refractivity contribution >= 4 is 35.6 Å². The van der Waals surface area contributed by atoms with Gasteiger partial charge in [-0.15, -0.1) is 12.4 Å². The van der Waals surface area contributed by atoms with E-state index in [9.17, 15) is 4.79 Å². The van der Waals surface area contributed by atoms with E-state index >= 15 is 0 Å². The van der Waals surface area contributed by atoms with Gasteiger partial charge in [-0.25, -0.2) is 0 Å². The van der Waals surface area contributed by atoms with Gasteiger partial charge in [0.15, 0.2) is 0 Å². The first-order chi connectivity index (χ1) is 12.7. The minimum absolute atomic E-state index is 0. The van der Waals surface area contributed by atoms with Gasteiger partial charge in [-0.2, -0.15) is 0 Å². The van der Waals surface area contributed by atoms with E-state index in [1.165, 1.54) is 5.56 Å². The van der Waals surface area contributed by atoms with E-state index < -0.39 is 0 Å². The van der Waals surface area contributed by atoms with E-state index in [2.05, 4.69) is 35.2 Å². The molecule has 0 aliphatic carbocycles. The molecule has 1 saturated heterocycles. The molecule has 5 heteroatoms. The number of benzene rings is 2. The van der Waals surface area contributed by atoms with Crippen molar-refractivity contribution in [2.75, 3.05) is 24.5 Å². The highest BCUT2D eigenvalue weighted by molar-refractivity contribution is 6.30. The van der Waals surface area contributed by atoms with Gasteiger partial charge in [-0.1, -0.05) is 48.9 Å². The molecule has 0 N–H and O–H groups in total. The highest BCUT2D eigenvalue weighted by Crippen LogP contribution is 2.26. The quantitative estimate of drug-likeness (QED) is 0.656. The molecule has 3 nitrogen and oxygen atoms in total. The van der Waals surface area contributed by atoms with E-state index in [0.29, 0.717) is 11.4 Å². The zero-order valence-electron chi connectivity index (χ0n) is 15.8. The lowest BCUT2D eigenvalue weighted by Gasteiger charge is -2.38. The Kier molecular flexibility index (Phi) is 8.62. The first kappa shape index (κ1) is 21.7. The predicted molar refractivity (Wildman–Crippen MR) is 116 cm³/mol. The number of piperidine rings is 1. The van der Waals surface area contributed by atoms with Gasteiger partial charge in [0, 0.05) is 42.8 Å². The number of hydrogen-bond acceptors (Lipinski definition) is 2. The summed E-state index contributed by atoms with van der Waals surface area (Å²) in [4.78, 5) is 17.1. The number of carbonyl (C=O) groups is 1. The molecule has 3 rings (SSSR count). The van der Waals surface area contributed by atoms with Crippen molar-refractivity contribution in [1.29, 1.82) is 0 Å². The molecular weight excluding hydrogens is 379 g/mol. The van der Waals surface area contributed by atoms with Crippen LogP contribution in [0, 0.1) is 0 Å². The van der Waals surface area contributed by atoms with Gasteiger partial charge in [0.2, 0.25) is 5.91 Å². The second kappa shape index (κ2) is 10.7. The molecule has 0 atom stereocenters. The molecule has 2 aromatic carbocycles. The van der Waals surface area contributed by atoms with Crippen molar-refractivity contribution in [1.82, 2.24) is 4.90 Å².